The van der Waals surface area contributed by atoms with Gasteiger partial charge in [-0.15, -0.1) is 0 Å². The maximum atomic E-state index is 13.5. The number of likely N-dealkylation sites (tertiary alicyclic amines) is 1. The summed E-state index contributed by atoms with van der Waals surface area (Å²) >= 11 is 0. The minimum atomic E-state index is -0.440. The van der Waals surface area contributed by atoms with Crippen molar-refractivity contribution in [3.05, 3.63) is 35.4 Å². The number of fused-ring (bicyclic) bond motifs is 4. The lowest BCUT2D eigenvalue weighted by molar-refractivity contribution is -0.0682. The van der Waals surface area contributed by atoms with Gasteiger partial charge in [0.15, 0.2) is 0 Å². The van der Waals surface area contributed by atoms with Crippen molar-refractivity contribution in [2.24, 2.45) is 17.8 Å². The van der Waals surface area contributed by atoms with Gasteiger partial charge in [0.2, 0.25) is 0 Å². The van der Waals surface area contributed by atoms with Crippen LogP contribution in [0.1, 0.15) is 73.1 Å². The average molecular weight is 413 g/mol. The van der Waals surface area contributed by atoms with Crippen LogP contribution in [0.25, 0.3) is 0 Å². The Hall–Kier alpha value is -1.88. The van der Waals surface area contributed by atoms with Gasteiger partial charge in [0.05, 0.1) is 18.2 Å². The summed E-state index contributed by atoms with van der Waals surface area (Å²) in [7, 11) is 1.37. The normalized spacial score (nSPS) is 28.9. The van der Waals surface area contributed by atoms with Crippen LogP contribution in [-0.2, 0) is 4.74 Å². The Labute approximate surface area is 180 Å². The number of ether oxygens (including phenoxy) is 1. The van der Waals surface area contributed by atoms with Crippen LogP contribution in [0.4, 0.5) is 0 Å². The molecule has 0 radical (unpaired) electrons. The van der Waals surface area contributed by atoms with E-state index in [2.05, 4.69) is 18.7 Å². The monoisotopic (exact) mass is 412 g/mol. The highest BCUT2D eigenvalue weighted by molar-refractivity contribution is 6.05. The van der Waals surface area contributed by atoms with Crippen molar-refractivity contribution in [1.82, 2.24) is 9.80 Å². The Kier molecular flexibility index (Phi) is 6.47. The molecule has 3 saturated heterocycles. The predicted octanol–water partition coefficient (Wildman–Crippen LogP) is 4.22. The summed E-state index contributed by atoms with van der Waals surface area (Å²) in [5.74, 6) is 1.33. The second kappa shape index (κ2) is 9.09. The summed E-state index contributed by atoms with van der Waals surface area (Å²) in [5.41, 5.74) is 0.847. The minimum absolute atomic E-state index is 0.0161. The lowest BCUT2D eigenvalue weighted by Crippen LogP contribution is -2.64. The van der Waals surface area contributed by atoms with Gasteiger partial charge in [-0.1, -0.05) is 32.4 Å². The van der Waals surface area contributed by atoms with Gasteiger partial charge in [-0.3, -0.25) is 9.69 Å². The van der Waals surface area contributed by atoms with Crippen molar-refractivity contribution in [3.8, 4) is 0 Å². The molecule has 0 N–H and O–H groups in total. The zero-order valence-electron chi connectivity index (χ0n) is 18.7. The minimum Gasteiger partial charge on any atom is -0.465 e. The van der Waals surface area contributed by atoms with Crippen LogP contribution in [0.5, 0.6) is 0 Å². The van der Waals surface area contributed by atoms with Crippen LogP contribution in [0.2, 0.25) is 0 Å². The first-order valence-electron chi connectivity index (χ1n) is 11.7. The van der Waals surface area contributed by atoms with Gasteiger partial charge in [0.1, 0.15) is 0 Å². The van der Waals surface area contributed by atoms with Crippen molar-refractivity contribution < 1.29 is 14.3 Å². The van der Waals surface area contributed by atoms with E-state index in [1.807, 2.05) is 11.0 Å². The van der Waals surface area contributed by atoms with Crippen molar-refractivity contribution in [3.63, 3.8) is 0 Å². The van der Waals surface area contributed by atoms with E-state index in [0.29, 0.717) is 41.0 Å². The average Bonchev–Trinajstić information content (AvgIpc) is 2.77. The molecule has 0 unspecified atom stereocenters. The van der Waals surface area contributed by atoms with Crippen LogP contribution in [-0.4, -0.2) is 60.5 Å². The first-order valence-corrected chi connectivity index (χ1v) is 11.7. The van der Waals surface area contributed by atoms with E-state index < -0.39 is 5.97 Å². The molecule has 2 bridgehead atoms. The molecule has 3 aliphatic rings. The molecule has 1 aromatic rings. The van der Waals surface area contributed by atoms with Gasteiger partial charge in [0, 0.05) is 25.2 Å². The van der Waals surface area contributed by atoms with Gasteiger partial charge < -0.3 is 9.64 Å². The molecule has 0 aliphatic carbocycles. The fourth-order valence-electron chi connectivity index (χ4n) is 6.10. The number of rotatable bonds is 5. The lowest BCUT2D eigenvalue weighted by atomic mass is 9.71. The number of hydrogen-bond acceptors (Lipinski definition) is 4. The topological polar surface area (TPSA) is 49.9 Å². The second-order valence-electron chi connectivity index (χ2n) is 9.84. The third-order valence-electron chi connectivity index (χ3n) is 7.51. The quantitative estimate of drug-likeness (QED) is 0.680. The van der Waals surface area contributed by atoms with Gasteiger partial charge in [-0.2, -0.15) is 0 Å². The van der Waals surface area contributed by atoms with E-state index in [1.165, 1.54) is 52.2 Å². The molecule has 4 atom stereocenters. The summed E-state index contributed by atoms with van der Waals surface area (Å²) in [6.07, 6.45) is 7.59. The number of methoxy groups -OCH3 is 1. The molecule has 3 aliphatic heterocycles. The second-order valence-corrected chi connectivity index (χ2v) is 9.84. The largest absolute Gasteiger partial charge is 0.465 e. The Bertz CT molecular complexity index is 777. The van der Waals surface area contributed by atoms with E-state index in [0.717, 1.165) is 13.1 Å². The number of nitrogens with zero attached hydrogens (tertiary/aromatic N) is 2. The Morgan fingerprint density at radius 2 is 1.83 bits per heavy atom. The molecule has 3 heterocycles. The molecular weight excluding hydrogens is 376 g/mol. The van der Waals surface area contributed by atoms with Gasteiger partial charge in [-0.25, -0.2) is 4.79 Å². The number of amides is 1. The molecule has 0 spiro atoms. The van der Waals surface area contributed by atoms with Crippen LogP contribution in [0, 0.1) is 17.8 Å². The van der Waals surface area contributed by atoms with Crippen molar-refractivity contribution >= 4 is 11.9 Å². The number of esters is 1. The first-order chi connectivity index (χ1) is 14.5. The molecule has 0 aromatic heterocycles. The highest BCUT2D eigenvalue weighted by atomic mass is 16.5. The van der Waals surface area contributed by atoms with Crippen molar-refractivity contribution in [2.45, 2.75) is 64.5 Å². The van der Waals surface area contributed by atoms with Crippen molar-refractivity contribution in [2.75, 3.05) is 26.7 Å². The van der Waals surface area contributed by atoms with Gasteiger partial charge >= 0.3 is 5.97 Å². The molecular formula is C25H36N2O3. The summed E-state index contributed by atoms with van der Waals surface area (Å²) < 4.78 is 4.91. The maximum Gasteiger partial charge on any atom is 0.338 e. The van der Waals surface area contributed by atoms with E-state index in [4.69, 9.17) is 4.74 Å². The van der Waals surface area contributed by atoms with Crippen LogP contribution >= 0.6 is 0 Å². The standard InChI is InChI=1S/C25H36N2O3/c1-17(2)11-12-23-19-14-18(22-10-6-7-13-27(22)23)15-26(16-19)24(28)20-8-4-5-9-21(20)25(29)30-3/h4-5,8-9,17-19,22-23H,6-7,10-16H2,1-3H3/t18-,19+,22+,23+/m1/s1. The molecule has 4 rings (SSSR count). The fraction of sp³-hybridized carbons (Fsp3) is 0.680. The summed E-state index contributed by atoms with van der Waals surface area (Å²) in [4.78, 5) is 30.6. The molecule has 1 aromatic carbocycles. The first kappa shape index (κ1) is 21.4. The van der Waals surface area contributed by atoms with Gasteiger partial charge in [-0.05, 0) is 68.5 Å². The smallest absolute Gasteiger partial charge is 0.338 e. The van der Waals surface area contributed by atoms with Gasteiger partial charge in [0.25, 0.3) is 5.91 Å². The third-order valence-corrected chi connectivity index (χ3v) is 7.51. The van der Waals surface area contributed by atoms with E-state index >= 15 is 0 Å². The van der Waals surface area contributed by atoms with Crippen LogP contribution in [0.15, 0.2) is 24.3 Å². The fourth-order valence-corrected chi connectivity index (χ4v) is 6.10. The predicted molar refractivity (Wildman–Crippen MR) is 117 cm³/mol. The maximum absolute atomic E-state index is 13.5. The molecule has 30 heavy (non-hydrogen) atoms. The van der Waals surface area contributed by atoms with E-state index in [1.54, 1.807) is 18.2 Å². The molecule has 5 nitrogen and oxygen atoms in total. The van der Waals surface area contributed by atoms with E-state index in [9.17, 15) is 9.59 Å². The summed E-state index contributed by atoms with van der Waals surface area (Å²) in [6.45, 7) is 7.44. The molecule has 0 saturated carbocycles. The number of piperidine rings is 3. The highest BCUT2D eigenvalue weighted by Gasteiger charge is 2.47. The number of benzene rings is 1. The highest BCUT2D eigenvalue weighted by Crippen LogP contribution is 2.43. The zero-order valence-corrected chi connectivity index (χ0v) is 18.7. The summed E-state index contributed by atoms with van der Waals surface area (Å²) in [6, 6.07) is 8.27. The number of carbonyl (C=O) groups is 2. The van der Waals surface area contributed by atoms with E-state index in [-0.39, 0.29) is 5.91 Å². The number of hydrogen-bond donors (Lipinski definition) is 0. The Balaban J connectivity index is 1.58. The lowest BCUT2D eigenvalue weighted by Gasteiger charge is -2.57. The SMILES string of the molecule is COC(=O)c1ccccc1C(=O)N1C[C@H]2C[C@@H](C1)[C@H](CCC(C)C)N1CCCC[C@@H]21. The summed E-state index contributed by atoms with van der Waals surface area (Å²) in [5, 5.41) is 0. The Morgan fingerprint density at radius 1 is 1.10 bits per heavy atom. The molecule has 164 valence electrons. The van der Waals surface area contributed by atoms with Crippen molar-refractivity contribution in [1.29, 1.82) is 0 Å². The number of carbonyl (C=O) groups excluding carboxylic acids is 2. The molecule has 3 fully saturated rings. The van der Waals surface area contributed by atoms with Crippen LogP contribution in [0.3, 0.4) is 0 Å². The molecule has 1 amide bonds. The van der Waals surface area contributed by atoms with Crippen LogP contribution < -0.4 is 0 Å². The third kappa shape index (κ3) is 4.14. The Morgan fingerprint density at radius 3 is 2.57 bits per heavy atom. The zero-order chi connectivity index (χ0) is 21.3. The molecule has 5 heteroatoms.